The predicted molar refractivity (Wildman–Crippen MR) is 101 cm³/mol. The first kappa shape index (κ1) is 17.2. The number of nitrogens with one attached hydrogen (secondary N) is 1. The minimum absolute atomic E-state index is 0.120. The molecule has 2 heterocycles. The van der Waals surface area contributed by atoms with Crippen LogP contribution in [0.5, 0.6) is 0 Å². The van der Waals surface area contributed by atoms with Gasteiger partial charge in [0, 0.05) is 17.1 Å². The summed E-state index contributed by atoms with van der Waals surface area (Å²) in [6, 6.07) is 9.96. The molecule has 0 fully saturated rings. The van der Waals surface area contributed by atoms with Gasteiger partial charge in [-0.25, -0.2) is 15.0 Å². The number of anilines is 1. The summed E-state index contributed by atoms with van der Waals surface area (Å²) < 4.78 is 0. The van der Waals surface area contributed by atoms with Gasteiger partial charge in [0.1, 0.15) is 11.5 Å². The Hall–Kier alpha value is -2.60. The van der Waals surface area contributed by atoms with Gasteiger partial charge in [-0.2, -0.15) is 0 Å². The van der Waals surface area contributed by atoms with Gasteiger partial charge in [0.25, 0.3) is 5.91 Å². The quantitative estimate of drug-likeness (QED) is 0.756. The van der Waals surface area contributed by atoms with Gasteiger partial charge in [0.15, 0.2) is 5.13 Å². The summed E-state index contributed by atoms with van der Waals surface area (Å²) in [5, 5.41) is 5.28. The summed E-state index contributed by atoms with van der Waals surface area (Å²) in [7, 11) is 0. The molecule has 0 unspecified atom stereocenters. The molecule has 0 radical (unpaired) electrons. The van der Waals surface area contributed by atoms with Gasteiger partial charge in [-0.1, -0.05) is 45.0 Å². The van der Waals surface area contributed by atoms with E-state index >= 15 is 0 Å². The lowest BCUT2D eigenvalue weighted by Gasteiger charge is -2.18. The van der Waals surface area contributed by atoms with Crippen LogP contribution in [0.25, 0.3) is 11.3 Å². The molecule has 128 valence electrons. The second-order valence-electron chi connectivity index (χ2n) is 6.81. The number of hydrogen-bond acceptors (Lipinski definition) is 5. The highest BCUT2D eigenvalue weighted by Gasteiger charge is 2.14. The fourth-order valence-corrected chi connectivity index (χ4v) is 3.06. The van der Waals surface area contributed by atoms with E-state index in [1.807, 2.05) is 5.38 Å². The molecule has 2 aromatic heterocycles. The largest absolute Gasteiger partial charge is 0.296 e. The highest BCUT2D eigenvalue weighted by molar-refractivity contribution is 7.14. The summed E-state index contributed by atoms with van der Waals surface area (Å²) >= 11 is 1.39. The second kappa shape index (κ2) is 6.72. The van der Waals surface area contributed by atoms with Gasteiger partial charge >= 0.3 is 0 Å². The van der Waals surface area contributed by atoms with E-state index in [0.29, 0.717) is 16.6 Å². The summed E-state index contributed by atoms with van der Waals surface area (Å²) in [6.45, 7) is 8.31. The Morgan fingerprint density at radius 2 is 1.80 bits per heavy atom. The Labute approximate surface area is 151 Å². The van der Waals surface area contributed by atoms with Gasteiger partial charge in [0.2, 0.25) is 0 Å². The van der Waals surface area contributed by atoms with Crippen LogP contribution in [0.2, 0.25) is 0 Å². The SMILES string of the molecule is Cc1nccc(C(=O)Nc2nc(-c3ccc(C(C)(C)C)cc3)cs2)n1. The Morgan fingerprint density at radius 3 is 2.44 bits per heavy atom. The van der Waals surface area contributed by atoms with Crippen molar-refractivity contribution in [2.75, 3.05) is 5.32 Å². The van der Waals surface area contributed by atoms with E-state index in [4.69, 9.17) is 0 Å². The molecule has 0 saturated heterocycles. The third-order valence-corrected chi connectivity index (χ3v) is 4.54. The lowest BCUT2D eigenvalue weighted by Crippen LogP contribution is -2.14. The van der Waals surface area contributed by atoms with Crippen molar-refractivity contribution in [3.8, 4) is 11.3 Å². The summed E-state index contributed by atoms with van der Waals surface area (Å²) in [5.74, 6) is 0.279. The molecule has 0 atom stereocenters. The number of aryl methyl sites for hydroxylation is 1. The lowest BCUT2D eigenvalue weighted by atomic mass is 9.86. The van der Waals surface area contributed by atoms with E-state index in [2.05, 4.69) is 65.3 Å². The number of amides is 1. The minimum Gasteiger partial charge on any atom is -0.296 e. The van der Waals surface area contributed by atoms with Gasteiger partial charge < -0.3 is 0 Å². The maximum Gasteiger partial charge on any atom is 0.276 e. The van der Waals surface area contributed by atoms with Crippen LogP contribution >= 0.6 is 11.3 Å². The maximum absolute atomic E-state index is 12.2. The Balaban J connectivity index is 1.75. The Kier molecular flexibility index (Phi) is 4.63. The zero-order valence-corrected chi connectivity index (χ0v) is 15.5. The van der Waals surface area contributed by atoms with Crippen LogP contribution in [-0.4, -0.2) is 20.9 Å². The molecule has 1 amide bonds. The maximum atomic E-state index is 12.2. The smallest absolute Gasteiger partial charge is 0.276 e. The predicted octanol–water partition coefficient (Wildman–Crippen LogP) is 4.46. The fraction of sp³-hybridized carbons (Fsp3) is 0.263. The molecule has 0 aliphatic rings. The molecule has 1 N–H and O–H groups in total. The lowest BCUT2D eigenvalue weighted by molar-refractivity contribution is 0.102. The van der Waals surface area contributed by atoms with Crippen molar-refractivity contribution in [2.45, 2.75) is 33.1 Å². The first-order chi connectivity index (χ1) is 11.8. The molecule has 0 spiro atoms. The molecule has 0 bridgehead atoms. The van der Waals surface area contributed by atoms with Crippen LogP contribution in [-0.2, 0) is 5.41 Å². The molecule has 1 aromatic carbocycles. The van der Waals surface area contributed by atoms with Gasteiger partial charge in [-0.05, 0) is 24.0 Å². The van der Waals surface area contributed by atoms with Crippen molar-refractivity contribution in [1.82, 2.24) is 15.0 Å². The van der Waals surface area contributed by atoms with Crippen LogP contribution in [0.4, 0.5) is 5.13 Å². The Bertz CT molecular complexity index is 894. The summed E-state index contributed by atoms with van der Waals surface area (Å²) in [5.41, 5.74) is 3.61. The minimum atomic E-state index is -0.283. The molecule has 0 aliphatic carbocycles. The number of nitrogens with zero attached hydrogens (tertiary/aromatic N) is 3. The van der Waals surface area contributed by atoms with Crippen molar-refractivity contribution in [1.29, 1.82) is 0 Å². The van der Waals surface area contributed by atoms with E-state index in [1.165, 1.54) is 16.9 Å². The third kappa shape index (κ3) is 4.09. The third-order valence-electron chi connectivity index (χ3n) is 3.78. The number of benzene rings is 1. The van der Waals surface area contributed by atoms with Crippen molar-refractivity contribution in [2.24, 2.45) is 0 Å². The zero-order valence-electron chi connectivity index (χ0n) is 14.7. The summed E-state index contributed by atoms with van der Waals surface area (Å²) in [6.07, 6.45) is 1.57. The molecule has 6 heteroatoms. The van der Waals surface area contributed by atoms with E-state index < -0.39 is 0 Å². The van der Waals surface area contributed by atoms with Gasteiger partial charge in [0.05, 0.1) is 5.69 Å². The molecule has 3 aromatic rings. The molecule has 0 saturated carbocycles. The second-order valence-corrected chi connectivity index (χ2v) is 7.67. The van der Waals surface area contributed by atoms with E-state index in [0.717, 1.165) is 11.3 Å². The van der Waals surface area contributed by atoms with Crippen LogP contribution in [0.15, 0.2) is 41.9 Å². The molecule has 25 heavy (non-hydrogen) atoms. The van der Waals surface area contributed by atoms with Crippen molar-refractivity contribution < 1.29 is 4.79 Å². The molecule has 0 aliphatic heterocycles. The number of rotatable bonds is 3. The van der Waals surface area contributed by atoms with Crippen LogP contribution in [0.1, 0.15) is 42.6 Å². The molecular formula is C19H20N4OS. The molecule has 3 rings (SSSR count). The van der Waals surface area contributed by atoms with E-state index in [9.17, 15) is 4.79 Å². The van der Waals surface area contributed by atoms with Gasteiger partial charge in [-0.3, -0.25) is 10.1 Å². The average molecular weight is 352 g/mol. The first-order valence-electron chi connectivity index (χ1n) is 8.00. The van der Waals surface area contributed by atoms with E-state index in [1.54, 1.807) is 19.2 Å². The van der Waals surface area contributed by atoms with Crippen molar-refractivity contribution in [3.63, 3.8) is 0 Å². The fourth-order valence-electron chi connectivity index (χ4n) is 2.35. The highest BCUT2D eigenvalue weighted by atomic mass is 32.1. The average Bonchev–Trinajstić information content (AvgIpc) is 3.02. The monoisotopic (exact) mass is 352 g/mol. The number of carbonyl (C=O) groups excluding carboxylic acids is 1. The topological polar surface area (TPSA) is 67.8 Å². The molecule has 5 nitrogen and oxygen atoms in total. The van der Waals surface area contributed by atoms with Gasteiger partial charge in [-0.15, -0.1) is 11.3 Å². The highest BCUT2D eigenvalue weighted by Crippen LogP contribution is 2.28. The van der Waals surface area contributed by atoms with Crippen LogP contribution in [0.3, 0.4) is 0 Å². The first-order valence-corrected chi connectivity index (χ1v) is 8.88. The Morgan fingerprint density at radius 1 is 1.08 bits per heavy atom. The normalized spacial score (nSPS) is 11.4. The van der Waals surface area contributed by atoms with Crippen molar-refractivity contribution >= 4 is 22.4 Å². The van der Waals surface area contributed by atoms with Crippen molar-refractivity contribution in [3.05, 3.63) is 59.0 Å². The van der Waals surface area contributed by atoms with Crippen LogP contribution in [0, 0.1) is 6.92 Å². The zero-order chi connectivity index (χ0) is 18.0. The number of carbonyl (C=O) groups is 1. The molecular weight excluding hydrogens is 332 g/mol. The van der Waals surface area contributed by atoms with E-state index in [-0.39, 0.29) is 11.3 Å². The number of thiazole rings is 1. The number of hydrogen-bond donors (Lipinski definition) is 1. The number of aromatic nitrogens is 3. The standard InChI is InChI=1S/C19H20N4OS/c1-12-20-10-9-15(21-12)17(24)23-18-22-16(11-25-18)13-5-7-14(8-6-13)19(2,3)4/h5-11H,1-4H3,(H,22,23,24). The van der Waals surface area contributed by atoms with Crippen LogP contribution < -0.4 is 5.32 Å². The summed E-state index contributed by atoms with van der Waals surface area (Å²) in [4.78, 5) is 24.8.